The third-order valence-electron chi connectivity index (χ3n) is 5.20. The molecule has 0 saturated carbocycles. The van der Waals surface area contributed by atoms with Crippen LogP contribution >= 0.6 is 11.5 Å². The standard InChI is InChI=1S/C20H15N5O2S/c1-10-17(25-14(23-10)7-8-28-25)15-12(9-21)19(22)27-18-11-5-3-4-6-13(11)24(2)20(26)16(15)18/h3-8,15H,22H2,1-2H3/t15-/m1/s1. The lowest BCUT2D eigenvalue weighted by Crippen LogP contribution is -2.31. The number of rotatable bonds is 1. The van der Waals surface area contributed by atoms with E-state index in [-0.39, 0.29) is 17.0 Å². The topological polar surface area (TPSA) is 98.3 Å². The number of aromatic nitrogens is 3. The molecule has 0 spiro atoms. The van der Waals surface area contributed by atoms with Crippen LogP contribution in [0.5, 0.6) is 5.75 Å². The quantitative estimate of drug-likeness (QED) is 0.540. The molecule has 1 aliphatic heterocycles. The maximum atomic E-state index is 13.4. The van der Waals surface area contributed by atoms with Crippen molar-refractivity contribution in [3.63, 3.8) is 0 Å². The van der Waals surface area contributed by atoms with Gasteiger partial charge in [0, 0.05) is 17.8 Å². The van der Waals surface area contributed by atoms with Gasteiger partial charge >= 0.3 is 0 Å². The summed E-state index contributed by atoms with van der Waals surface area (Å²) in [5, 5.41) is 12.5. The van der Waals surface area contributed by atoms with Crippen molar-refractivity contribution >= 4 is 28.1 Å². The molecule has 0 amide bonds. The number of allylic oxidation sites excluding steroid dienone is 1. The number of pyridine rings is 1. The van der Waals surface area contributed by atoms with Crippen LogP contribution in [0, 0.1) is 18.3 Å². The fourth-order valence-electron chi connectivity index (χ4n) is 3.94. The summed E-state index contributed by atoms with van der Waals surface area (Å²) in [7, 11) is 1.72. The van der Waals surface area contributed by atoms with E-state index in [4.69, 9.17) is 10.5 Å². The maximum Gasteiger partial charge on any atom is 0.258 e. The van der Waals surface area contributed by atoms with Gasteiger partial charge in [-0.15, -0.1) is 0 Å². The number of aryl methyl sites for hydroxylation is 2. The lowest BCUT2D eigenvalue weighted by molar-refractivity contribution is 0.395. The fourth-order valence-corrected chi connectivity index (χ4v) is 4.80. The minimum Gasteiger partial charge on any atom is -0.439 e. The zero-order valence-corrected chi connectivity index (χ0v) is 15.9. The number of nitrogens with two attached hydrogens (primary N) is 1. The molecule has 0 aliphatic carbocycles. The second kappa shape index (κ2) is 5.71. The number of fused-ring (bicyclic) bond motifs is 4. The van der Waals surface area contributed by atoms with E-state index in [1.165, 1.54) is 11.5 Å². The van der Waals surface area contributed by atoms with Gasteiger partial charge in [-0.3, -0.25) is 8.58 Å². The first kappa shape index (κ1) is 16.6. The average Bonchev–Trinajstić information content (AvgIpc) is 3.25. The van der Waals surface area contributed by atoms with Crippen LogP contribution in [0.15, 0.2) is 52.0 Å². The summed E-state index contributed by atoms with van der Waals surface area (Å²) in [6.07, 6.45) is 0. The minimum atomic E-state index is -0.647. The molecule has 7 nitrogen and oxygen atoms in total. The van der Waals surface area contributed by atoms with E-state index in [0.29, 0.717) is 11.3 Å². The van der Waals surface area contributed by atoms with E-state index in [1.807, 2.05) is 46.4 Å². The lowest BCUT2D eigenvalue weighted by atomic mass is 9.85. The van der Waals surface area contributed by atoms with Crippen molar-refractivity contribution in [2.45, 2.75) is 12.8 Å². The molecule has 138 valence electrons. The van der Waals surface area contributed by atoms with E-state index < -0.39 is 5.92 Å². The Bertz CT molecular complexity index is 1420. The Kier molecular flexibility index (Phi) is 3.38. The molecule has 0 unspecified atom stereocenters. The van der Waals surface area contributed by atoms with Gasteiger partial charge in [-0.1, -0.05) is 23.7 Å². The van der Waals surface area contributed by atoms with Crippen LogP contribution in [0.2, 0.25) is 0 Å². The summed E-state index contributed by atoms with van der Waals surface area (Å²) in [5.74, 6) is -0.221. The zero-order valence-electron chi connectivity index (χ0n) is 15.1. The van der Waals surface area contributed by atoms with Crippen molar-refractivity contribution in [1.29, 1.82) is 5.26 Å². The van der Waals surface area contributed by atoms with Crippen molar-refractivity contribution in [2.75, 3.05) is 0 Å². The highest BCUT2D eigenvalue weighted by Gasteiger charge is 2.38. The summed E-state index contributed by atoms with van der Waals surface area (Å²) < 4.78 is 9.37. The molecule has 1 aliphatic rings. The zero-order chi connectivity index (χ0) is 19.6. The molecule has 1 aromatic carbocycles. The van der Waals surface area contributed by atoms with Crippen LogP contribution < -0.4 is 16.0 Å². The number of ether oxygens (including phenoxy) is 1. The van der Waals surface area contributed by atoms with Crippen LogP contribution in [0.4, 0.5) is 0 Å². The number of nitriles is 1. The Morgan fingerprint density at radius 1 is 1.32 bits per heavy atom. The Morgan fingerprint density at radius 2 is 2.11 bits per heavy atom. The third-order valence-corrected chi connectivity index (χ3v) is 6.05. The minimum absolute atomic E-state index is 0.0179. The molecule has 0 bridgehead atoms. The van der Waals surface area contributed by atoms with Crippen LogP contribution in [0.3, 0.4) is 0 Å². The summed E-state index contributed by atoms with van der Waals surface area (Å²) >= 11 is 1.46. The highest BCUT2D eigenvalue weighted by Crippen LogP contribution is 2.44. The molecule has 0 radical (unpaired) electrons. The predicted molar refractivity (Wildman–Crippen MR) is 106 cm³/mol. The molecule has 4 heterocycles. The molecular weight excluding hydrogens is 374 g/mol. The Morgan fingerprint density at radius 3 is 2.89 bits per heavy atom. The third kappa shape index (κ3) is 2.02. The van der Waals surface area contributed by atoms with Gasteiger partial charge in [0.25, 0.3) is 5.56 Å². The van der Waals surface area contributed by atoms with Crippen molar-refractivity contribution in [2.24, 2.45) is 12.8 Å². The SMILES string of the molecule is Cc1nc2ccsn2c1[C@@H]1C(C#N)=C(N)Oc2c1c(=O)n(C)c1ccccc21. The number of nitrogens with zero attached hydrogens (tertiary/aromatic N) is 4. The smallest absolute Gasteiger partial charge is 0.258 e. The van der Waals surface area contributed by atoms with Gasteiger partial charge in [-0.25, -0.2) is 4.98 Å². The Balaban J connectivity index is 1.96. The lowest BCUT2D eigenvalue weighted by Gasteiger charge is -2.27. The molecule has 1 atom stereocenters. The average molecular weight is 389 g/mol. The van der Waals surface area contributed by atoms with Gasteiger partial charge in [-0.2, -0.15) is 5.26 Å². The molecule has 28 heavy (non-hydrogen) atoms. The first-order chi connectivity index (χ1) is 13.5. The molecule has 3 aromatic heterocycles. The molecule has 2 N–H and O–H groups in total. The van der Waals surface area contributed by atoms with Gasteiger partial charge in [0.05, 0.1) is 28.4 Å². The van der Waals surface area contributed by atoms with Crippen molar-refractivity contribution < 1.29 is 4.74 Å². The summed E-state index contributed by atoms with van der Waals surface area (Å²) in [6.45, 7) is 1.88. The first-order valence-corrected chi connectivity index (χ1v) is 9.48. The number of benzene rings is 1. The van der Waals surface area contributed by atoms with Gasteiger partial charge in [0.1, 0.15) is 23.0 Å². The van der Waals surface area contributed by atoms with Crippen LogP contribution in [0.25, 0.3) is 16.6 Å². The Labute approximate surface area is 163 Å². The van der Waals surface area contributed by atoms with Crippen LogP contribution in [-0.4, -0.2) is 13.3 Å². The van der Waals surface area contributed by atoms with E-state index >= 15 is 0 Å². The van der Waals surface area contributed by atoms with Crippen molar-refractivity contribution in [1.82, 2.24) is 13.3 Å². The fraction of sp³-hybridized carbons (Fsp3) is 0.150. The molecule has 4 aromatic rings. The molecule has 5 rings (SSSR count). The Hall–Kier alpha value is -3.57. The summed E-state index contributed by atoms with van der Waals surface area (Å²) in [5.41, 5.74) is 9.59. The number of hydrogen-bond donors (Lipinski definition) is 1. The maximum absolute atomic E-state index is 13.4. The second-order valence-electron chi connectivity index (χ2n) is 6.69. The first-order valence-electron chi connectivity index (χ1n) is 8.65. The predicted octanol–water partition coefficient (Wildman–Crippen LogP) is 2.77. The van der Waals surface area contributed by atoms with E-state index in [1.54, 1.807) is 11.6 Å². The summed E-state index contributed by atoms with van der Waals surface area (Å²) in [6, 6.07) is 11.6. The molecule has 0 fully saturated rings. The van der Waals surface area contributed by atoms with Crippen molar-refractivity contribution in [3.8, 4) is 11.8 Å². The number of imidazole rings is 1. The number of para-hydroxylation sites is 1. The van der Waals surface area contributed by atoms with Gasteiger partial charge in [0.2, 0.25) is 5.88 Å². The normalized spacial score (nSPS) is 16.2. The molecule has 0 saturated heterocycles. The monoisotopic (exact) mass is 389 g/mol. The largest absolute Gasteiger partial charge is 0.439 e. The van der Waals surface area contributed by atoms with E-state index in [0.717, 1.165) is 27.9 Å². The highest BCUT2D eigenvalue weighted by molar-refractivity contribution is 7.04. The molecule has 8 heteroatoms. The number of hydrogen-bond acceptors (Lipinski definition) is 6. The van der Waals surface area contributed by atoms with Crippen LogP contribution in [-0.2, 0) is 7.05 Å². The van der Waals surface area contributed by atoms with Crippen molar-refractivity contribution in [3.05, 3.63) is 74.5 Å². The van der Waals surface area contributed by atoms with Gasteiger partial charge < -0.3 is 15.0 Å². The second-order valence-corrected chi connectivity index (χ2v) is 7.54. The van der Waals surface area contributed by atoms with E-state index in [2.05, 4.69) is 11.1 Å². The highest BCUT2D eigenvalue weighted by atomic mass is 32.1. The molecular formula is C20H15N5O2S. The van der Waals surface area contributed by atoms with Crippen LogP contribution in [0.1, 0.15) is 22.9 Å². The van der Waals surface area contributed by atoms with E-state index in [9.17, 15) is 10.1 Å². The summed E-state index contributed by atoms with van der Waals surface area (Å²) in [4.78, 5) is 18.0. The van der Waals surface area contributed by atoms with Gasteiger partial charge in [0.15, 0.2) is 0 Å². The van der Waals surface area contributed by atoms with Gasteiger partial charge in [-0.05, 0) is 25.1 Å².